The Bertz CT molecular complexity index is 838. The van der Waals surface area contributed by atoms with Gasteiger partial charge in [-0.25, -0.2) is 0 Å². The Hall–Kier alpha value is -2.35. The third-order valence-corrected chi connectivity index (χ3v) is 4.87. The van der Waals surface area contributed by atoms with Gasteiger partial charge in [0, 0.05) is 35.8 Å². The van der Waals surface area contributed by atoms with Crippen LogP contribution in [-0.4, -0.2) is 41.9 Å². The van der Waals surface area contributed by atoms with Gasteiger partial charge in [0.15, 0.2) is 0 Å². The summed E-state index contributed by atoms with van der Waals surface area (Å²) in [5.41, 5.74) is 0.353. The zero-order valence-electron chi connectivity index (χ0n) is 15.3. The summed E-state index contributed by atoms with van der Waals surface area (Å²) in [6, 6.07) is 11.3. The fourth-order valence-electron chi connectivity index (χ4n) is 3.07. The minimum absolute atomic E-state index is 0. The number of hydrogen-bond acceptors (Lipinski definition) is 5. The number of nitro groups is 1. The molecule has 0 bridgehead atoms. The second kappa shape index (κ2) is 9.73. The second-order valence-electron chi connectivity index (χ2n) is 6.35. The Kier molecular flexibility index (Phi) is 7.62. The summed E-state index contributed by atoms with van der Waals surface area (Å²) in [4.78, 5) is 25.0. The van der Waals surface area contributed by atoms with Crippen LogP contribution in [0.15, 0.2) is 42.5 Å². The van der Waals surface area contributed by atoms with E-state index < -0.39 is 4.92 Å². The molecule has 1 aliphatic rings. The number of hydrogen-bond donors (Lipinski definition) is 1. The fraction of sp³-hybridized carbons (Fsp3) is 0.316. The van der Waals surface area contributed by atoms with E-state index in [9.17, 15) is 14.9 Å². The van der Waals surface area contributed by atoms with E-state index in [1.165, 1.54) is 18.2 Å². The van der Waals surface area contributed by atoms with Gasteiger partial charge >= 0.3 is 5.69 Å². The standard InChI is InChI=1S/C19H20ClN3O4.ClH/c1-21-15-8-10-22(11-9-15)19(24)13-2-5-16(6-3-13)27-18-7-4-14(20)12-17(18)23(25)26;/h2-7,12,15,21H,8-11H2,1H3;1H. The van der Waals surface area contributed by atoms with Crippen molar-refractivity contribution >= 4 is 35.6 Å². The number of carbonyl (C=O) groups excluding carboxylic acids is 1. The summed E-state index contributed by atoms with van der Waals surface area (Å²) in [5.74, 6) is 0.483. The molecule has 9 heteroatoms. The van der Waals surface area contributed by atoms with Crippen molar-refractivity contribution < 1.29 is 14.5 Å². The van der Waals surface area contributed by atoms with Crippen molar-refractivity contribution in [1.29, 1.82) is 0 Å². The molecule has 1 saturated heterocycles. The molecule has 1 amide bonds. The van der Waals surface area contributed by atoms with E-state index >= 15 is 0 Å². The van der Waals surface area contributed by atoms with Crippen molar-refractivity contribution in [3.05, 3.63) is 63.2 Å². The highest BCUT2D eigenvalue weighted by Crippen LogP contribution is 2.33. The molecule has 1 aliphatic heterocycles. The van der Waals surface area contributed by atoms with Gasteiger partial charge in [0.25, 0.3) is 5.91 Å². The number of halogens is 2. The minimum atomic E-state index is -0.548. The number of piperidine rings is 1. The third kappa shape index (κ3) is 5.13. The molecule has 0 saturated carbocycles. The number of carbonyl (C=O) groups is 1. The van der Waals surface area contributed by atoms with E-state index in [2.05, 4.69) is 5.32 Å². The van der Waals surface area contributed by atoms with Gasteiger partial charge in [0.2, 0.25) is 5.75 Å². The number of nitro benzene ring substituents is 1. The maximum absolute atomic E-state index is 12.6. The lowest BCUT2D eigenvalue weighted by atomic mass is 10.0. The van der Waals surface area contributed by atoms with Crippen molar-refractivity contribution in [2.75, 3.05) is 20.1 Å². The molecule has 1 heterocycles. The van der Waals surface area contributed by atoms with Gasteiger partial charge in [-0.2, -0.15) is 0 Å². The van der Waals surface area contributed by atoms with E-state index in [0.29, 0.717) is 17.4 Å². The highest BCUT2D eigenvalue weighted by Gasteiger charge is 2.23. The number of ether oxygens (including phenoxy) is 1. The van der Waals surface area contributed by atoms with Gasteiger partial charge in [0.05, 0.1) is 4.92 Å². The molecule has 0 aliphatic carbocycles. The summed E-state index contributed by atoms with van der Waals surface area (Å²) < 4.78 is 5.60. The summed E-state index contributed by atoms with van der Waals surface area (Å²) in [6.45, 7) is 1.44. The van der Waals surface area contributed by atoms with E-state index in [4.69, 9.17) is 16.3 Å². The first-order chi connectivity index (χ1) is 13.0. The van der Waals surface area contributed by atoms with Crippen LogP contribution in [0.2, 0.25) is 5.02 Å². The van der Waals surface area contributed by atoms with Crippen molar-refractivity contribution in [1.82, 2.24) is 10.2 Å². The van der Waals surface area contributed by atoms with Crippen molar-refractivity contribution in [2.45, 2.75) is 18.9 Å². The molecule has 2 aromatic carbocycles. The normalized spacial score (nSPS) is 14.3. The van der Waals surface area contributed by atoms with Gasteiger partial charge in [-0.3, -0.25) is 14.9 Å². The number of amides is 1. The summed E-state index contributed by atoms with van der Waals surface area (Å²) >= 11 is 5.81. The SMILES string of the molecule is CNC1CCN(C(=O)c2ccc(Oc3ccc(Cl)cc3[N+](=O)[O-])cc2)CC1.Cl. The summed E-state index contributed by atoms with van der Waals surface area (Å²) in [6.07, 6.45) is 1.87. The Morgan fingerprint density at radius 2 is 1.86 bits per heavy atom. The van der Waals surface area contributed by atoms with Crippen molar-refractivity contribution in [3.63, 3.8) is 0 Å². The average Bonchev–Trinajstić information content (AvgIpc) is 2.69. The van der Waals surface area contributed by atoms with Crippen LogP contribution in [0.5, 0.6) is 11.5 Å². The van der Waals surface area contributed by atoms with Gasteiger partial charge in [-0.1, -0.05) is 11.6 Å². The van der Waals surface area contributed by atoms with E-state index in [-0.39, 0.29) is 34.8 Å². The van der Waals surface area contributed by atoms with E-state index in [0.717, 1.165) is 25.9 Å². The molecule has 150 valence electrons. The Morgan fingerprint density at radius 3 is 2.43 bits per heavy atom. The maximum atomic E-state index is 12.6. The first-order valence-electron chi connectivity index (χ1n) is 8.66. The Labute approximate surface area is 174 Å². The second-order valence-corrected chi connectivity index (χ2v) is 6.79. The molecule has 0 aromatic heterocycles. The lowest BCUT2D eigenvalue weighted by Gasteiger charge is -2.31. The molecule has 7 nitrogen and oxygen atoms in total. The van der Waals surface area contributed by atoms with Crippen LogP contribution in [0.1, 0.15) is 23.2 Å². The van der Waals surface area contributed by atoms with Crippen LogP contribution >= 0.6 is 24.0 Å². The molecule has 1 N–H and O–H groups in total. The fourth-order valence-corrected chi connectivity index (χ4v) is 3.23. The molecule has 0 atom stereocenters. The number of benzene rings is 2. The number of likely N-dealkylation sites (tertiary alicyclic amines) is 1. The highest BCUT2D eigenvalue weighted by atomic mass is 35.5. The first kappa shape index (κ1) is 21.9. The predicted octanol–water partition coefficient (Wildman–Crippen LogP) is 4.29. The van der Waals surface area contributed by atoms with Crippen LogP contribution in [0, 0.1) is 10.1 Å². The molecule has 2 aromatic rings. The smallest absolute Gasteiger partial charge is 0.313 e. The zero-order chi connectivity index (χ0) is 19.4. The third-order valence-electron chi connectivity index (χ3n) is 4.64. The van der Waals surface area contributed by atoms with Gasteiger partial charge in [0.1, 0.15) is 5.75 Å². The topological polar surface area (TPSA) is 84.7 Å². The van der Waals surface area contributed by atoms with Crippen LogP contribution < -0.4 is 10.1 Å². The minimum Gasteiger partial charge on any atom is -0.450 e. The number of nitrogens with one attached hydrogen (secondary N) is 1. The Balaban J connectivity index is 0.00000280. The van der Waals surface area contributed by atoms with Crippen LogP contribution in [0.25, 0.3) is 0 Å². The summed E-state index contributed by atoms with van der Waals surface area (Å²) in [7, 11) is 1.94. The van der Waals surface area contributed by atoms with Crippen LogP contribution in [-0.2, 0) is 0 Å². The largest absolute Gasteiger partial charge is 0.450 e. The molecule has 3 rings (SSSR count). The molecule has 0 radical (unpaired) electrons. The lowest BCUT2D eigenvalue weighted by Crippen LogP contribution is -2.43. The predicted molar refractivity (Wildman–Crippen MR) is 110 cm³/mol. The van der Waals surface area contributed by atoms with Crippen LogP contribution in [0.3, 0.4) is 0 Å². The van der Waals surface area contributed by atoms with E-state index in [1.54, 1.807) is 24.3 Å². The summed E-state index contributed by atoms with van der Waals surface area (Å²) in [5, 5.41) is 14.6. The van der Waals surface area contributed by atoms with Crippen LogP contribution in [0.4, 0.5) is 5.69 Å². The average molecular weight is 426 g/mol. The first-order valence-corrected chi connectivity index (χ1v) is 9.04. The molecule has 1 fully saturated rings. The lowest BCUT2D eigenvalue weighted by molar-refractivity contribution is -0.385. The highest BCUT2D eigenvalue weighted by molar-refractivity contribution is 6.30. The van der Waals surface area contributed by atoms with Gasteiger partial charge in [-0.05, 0) is 56.3 Å². The molecule has 0 spiro atoms. The number of rotatable bonds is 5. The number of nitrogens with zero attached hydrogens (tertiary/aromatic N) is 2. The molecular weight excluding hydrogens is 405 g/mol. The van der Waals surface area contributed by atoms with Gasteiger partial charge < -0.3 is 15.0 Å². The molecule has 28 heavy (non-hydrogen) atoms. The molecular formula is C19H21Cl2N3O4. The zero-order valence-corrected chi connectivity index (χ0v) is 16.8. The van der Waals surface area contributed by atoms with Gasteiger partial charge in [-0.15, -0.1) is 12.4 Å². The Morgan fingerprint density at radius 1 is 1.21 bits per heavy atom. The monoisotopic (exact) mass is 425 g/mol. The van der Waals surface area contributed by atoms with Crippen molar-refractivity contribution in [3.8, 4) is 11.5 Å². The van der Waals surface area contributed by atoms with E-state index in [1.807, 2.05) is 11.9 Å². The van der Waals surface area contributed by atoms with Crippen molar-refractivity contribution in [2.24, 2.45) is 0 Å². The molecule has 0 unspecified atom stereocenters. The quantitative estimate of drug-likeness (QED) is 0.570. The maximum Gasteiger partial charge on any atom is 0.313 e.